The smallest absolute Gasteiger partial charge is 0.263 e. The van der Waals surface area contributed by atoms with Crippen molar-refractivity contribution in [2.75, 3.05) is 25.1 Å². The first kappa shape index (κ1) is 15.5. The van der Waals surface area contributed by atoms with E-state index in [-0.39, 0.29) is 12.5 Å². The summed E-state index contributed by atoms with van der Waals surface area (Å²) in [5.74, 6) is -0.133. The second kappa shape index (κ2) is 7.19. The molecule has 0 spiro atoms. The number of carbonyl (C=O) groups is 1. The lowest BCUT2D eigenvalue weighted by molar-refractivity contribution is 0.0954. The molecule has 0 aliphatic heterocycles. The van der Waals surface area contributed by atoms with Crippen LogP contribution in [0.25, 0.3) is 0 Å². The lowest BCUT2D eigenvalue weighted by Crippen LogP contribution is -2.24. The third-order valence-corrected chi connectivity index (χ3v) is 4.28. The van der Waals surface area contributed by atoms with Gasteiger partial charge in [0.25, 0.3) is 5.91 Å². The quantitative estimate of drug-likeness (QED) is 0.804. The molecule has 5 nitrogen and oxygen atoms in total. The molecular formula is C15H19N3O2S. The van der Waals surface area contributed by atoms with Gasteiger partial charge in [0.1, 0.15) is 4.88 Å². The minimum atomic E-state index is -0.133. The Morgan fingerprint density at radius 2 is 2.10 bits per heavy atom. The summed E-state index contributed by atoms with van der Waals surface area (Å²) >= 11 is 1.37. The van der Waals surface area contributed by atoms with Crippen LogP contribution in [0.3, 0.4) is 0 Å². The van der Waals surface area contributed by atoms with Crippen LogP contribution in [0.5, 0.6) is 0 Å². The van der Waals surface area contributed by atoms with Crippen LogP contribution in [0, 0.1) is 6.92 Å². The SMILES string of the molecule is Cc1nc(N(C)c2ccccc2)sc1C(=O)NCCCO. The van der Waals surface area contributed by atoms with Gasteiger partial charge in [0, 0.05) is 25.9 Å². The van der Waals surface area contributed by atoms with E-state index in [9.17, 15) is 4.79 Å². The number of aromatic nitrogens is 1. The van der Waals surface area contributed by atoms with Crippen molar-refractivity contribution in [3.8, 4) is 0 Å². The number of hydrogen-bond donors (Lipinski definition) is 2. The number of aliphatic hydroxyl groups is 1. The van der Waals surface area contributed by atoms with E-state index in [2.05, 4.69) is 10.3 Å². The number of nitrogens with one attached hydrogen (secondary N) is 1. The fourth-order valence-electron chi connectivity index (χ4n) is 1.86. The zero-order valence-corrected chi connectivity index (χ0v) is 13.0. The molecule has 2 N–H and O–H groups in total. The minimum Gasteiger partial charge on any atom is -0.396 e. The fraction of sp³-hybridized carbons (Fsp3) is 0.333. The number of hydrogen-bond acceptors (Lipinski definition) is 5. The third kappa shape index (κ3) is 3.80. The van der Waals surface area contributed by atoms with E-state index in [4.69, 9.17) is 5.11 Å². The minimum absolute atomic E-state index is 0.0734. The second-order valence-electron chi connectivity index (χ2n) is 4.64. The zero-order valence-electron chi connectivity index (χ0n) is 12.2. The maximum absolute atomic E-state index is 12.1. The molecule has 2 aromatic rings. The largest absolute Gasteiger partial charge is 0.396 e. The summed E-state index contributed by atoms with van der Waals surface area (Å²) in [5, 5.41) is 12.3. The van der Waals surface area contributed by atoms with Gasteiger partial charge in [-0.25, -0.2) is 4.98 Å². The van der Waals surface area contributed by atoms with Crippen LogP contribution in [0.15, 0.2) is 30.3 Å². The number of nitrogens with zero attached hydrogens (tertiary/aromatic N) is 2. The molecule has 0 saturated carbocycles. The highest BCUT2D eigenvalue weighted by Crippen LogP contribution is 2.30. The van der Waals surface area contributed by atoms with Gasteiger partial charge in [-0.2, -0.15) is 0 Å². The fourth-order valence-corrected chi connectivity index (χ4v) is 2.83. The van der Waals surface area contributed by atoms with Gasteiger partial charge in [0.05, 0.1) is 5.69 Å². The van der Waals surface area contributed by atoms with E-state index in [1.165, 1.54) is 11.3 Å². The molecule has 1 amide bonds. The molecule has 6 heteroatoms. The molecular weight excluding hydrogens is 286 g/mol. The number of benzene rings is 1. The van der Waals surface area contributed by atoms with Crippen molar-refractivity contribution in [3.05, 3.63) is 40.9 Å². The van der Waals surface area contributed by atoms with Gasteiger partial charge < -0.3 is 15.3 Å². The summed E-state index contributed by atoms with van der Waals surface area (Å²) in [6, 6.07) is 9.89. The van der Waals surface area contributed by atoms with Crippen LogP contribution in [0.2, 0.25) is 0 Å². The molecule has 112 valence electrons. The average molecular weight is 305 g/mol. The molecule has 0 atom stereocenters. The van der Waals surface area contributed by atoms with Gasteiger partial charge in [-0.3, -0.25) is 4.79 Å². The number of rotatable bonds is 6. The molecule has 0 aliphatic carbocycles. The van der Waals surface area contributed by atoms with E-state index in [1.807, 2.05) is 49.2 Å². The van der Waals surface area contributed by atoms with Gasteiger partial charge >= 0.3 is 0 Å². The normalized spacial score (nSPS) is 10.4. The summed E-state index contributed by atoms with van der Waals surface area (Å²) in [6.07, 6.45) is 0.556. The number of thiazole rings is 1. The number of carbonyl (C=O) groups excluding carboxylic acids is 1. The van der Waals surface area contributed by atoms with E-state index in [1.54, 1.807) is 0 Å². The molecule has 1 heterocycles. The molecule has 0 bridgehead atoms. The molecule has 0 radical (unpaired) electrons. The van der Waals surface area contributed by atoms with Gasteiger partial charge in [-0.15, -0.1) is 0 Å². The highest BCUT2D eigenvalue weighted by atomic mass is 32.1. The van der Waals surface area contributed by atoms with Crippen LogP contribution >= 0.6 is 11.3 Å². The third-order valence-electron chi connectivity index (χ3n) is 3.04. The maximum atomic E-state index is 12.1. The molecule has 0 fully saturated rings. The lowest BCUT2D eigenvalue weighted by Gasteiger charge is -2.15. The van der Waals surface area contributed by atoms with E-state index >= 15 is 0 Å². The van der Waals surface area contributed by atoms with Crippen molar-refractivity contribution in [2.45, 2.75) is 13.3 Å². The van der Waals surface area contributed by atoms with Crippen LogP contribution in [-0.2, 0) is 0 Å². The Balaban J connectivity index is 2.13. The number of amides is 1. The summed E-state index contributed by atoms with van der Waals surface area (Å²) in [5.41, 5.74) is 1.75. The van der Waals surface area contributed by atoms with E-state index in [0.717, 1.165) is 16.5 Å². The molecule has 1 aromatic carbocycles. The van der Waals surface area contributed by atoms with Gasteiger partial charge in [0.2, 0.25) is 0 Å². The van der Waals surface area contributed by atoms with Crippen LogP contribution in [0.4, 0.5) is 10.8 Å². The summed E-state index contributed by atoms with van der Waals surface area (Å²) in [7, 11) is 1.93. The van der Waals surface area contributed by atoms with Crippen molar-refractivity contribution < 1.29 is 9.90 Å². The average Bonchev–Trinajstić information content (AvgIpc) is 2.89. The van der Waals surface area contributed by atoms with Crippen LogP contribution < -0.4 is 10.2 Å². The summed E-state index contributed by atoms with van der Waals surface area (Å²) < 4.78 is 0. The van der Waals surface area contributed by atoms with Gasteiger partial charge in [-0.05, 0) is 25.5 Å². The van der Waals surface area contributed by atoms with Crippen LogP contribution in [0.1, 0.15) is 21.8 Å². The highest BCUT2D eigenvalue weighted by molar-refractivity contribution is 7.17. The Morgan fingerprint density at radius 3 is 2.76 bits per heavy atom. The summed E-state index contributed by atoms with van der Waals surface area (Å²) in [6.45, 7) is 2.38. The molecule has 0 saturated heterocycles. The van der Waals surface area contributed by atoms with Crippen LogP contribution in [-0.4, -0.2) is 36.2 Å². The molecule has 0 unspecified atom stereocenters. The first-order valence-corrected chi connectivity index (χ1v) is 7.60. The first-order valence-electron chi connectivity index (χ1n) is 6.78. The lowest BCUT2D eigenvalue weighted by atomic mass is 10.3. The predicted octanol–water partition coefficient (Wildman–Crippen LogP) is 2.33. The maximum Gasteiger partial charge on any atom is 0.263 e. The Kier molecular flexibility index (Phi) is 5.30. The monoisotopic (exact) mass is 305 g/mol. The van der Waals surface area contributed by atoms with Crippen molar-refractivity contribution in [2.24, 2.45) is 0 Å². The van der Waals surface area contributed by atoms with Crippen molar-refractivity contribution in [1.29, 1.82) is 0 Å². The van der Waals surface area contributed by atoms with Crippen molar-refractivity contribution >= 4 is 28.1 Å². The number of aliphatic hydroxyl groups excluding tert-OH is 1. The standard InChI is InChI=1S/C15H19N3O2S/c1-11-13(14(20)16-9-6-10-19)21-15(17-11)18(2)12-7-4-3-5-8-12/h3-5,7-8,19H,6,9-10H2,1-2H3,(H,16,20). The number of para-hydroxylation sites is 1. The molecule has 1 aromatic heterocycles. The number of anilines is 2. The zero-order chi connectivity index (χ0) is 15.2. The Labute approximate surface area is 128 Å². The Bertz CT molecular complexity index is 598. The summed E-state index contributed by atoms with van der Waals surface area (Å²) in [4.78, 5) is 19.1. The first-order chi connectivity index (χ1) is 10.1. The van der Waals surface area contributed by atoms with Crippen molar-refractivity contribution in [1.82, 2.24) is 10.3 Å². The predicted molar refractivity (Wildman–Crippen MR) is 85.4 cm³/mol. The topological polar surface area (TPSA) is 65.5 Å². The molecule has 0 aliphatic rings. The number of aryl methyl sites for hydroxylation is 1. The van der Waals surface area contributed by atoms with Gasteiger partial charge in [0.15, 0.2) is 5.13 Å². The van der Waals surface area contributed by atoms with Crippen molar-refractivity contribution in [3.63, 3.8) is 0 Å². The molecule has 2 rings (SSSR count). The molecule has 21 heavy (non-hydrogen) atoms. The van der Waals surface area contributed by atoms with Gasteiger partial charge in [-0.1, -0.05) is 29.5 Å². The van der Waals surface area contributed by atoms with E-state index in [0.29, 0.717) is 17.8 Å². The van der Waals surface area contributed by atoms with E-state index < -0.39 is 0 Å². The highest BCUT2D eigenvalue weighted by Gasteiger charge is 2.17. The Hall–Kier alpha value is -1.92. The Morgan fingerprint density at radius 1 is 1.38 bits per heavy atom. The second-order valence-corrected chi connectivity index (χ2v) is 5.62.